The molecule has 1 aliphatic rings. The van der Waals surface area contributed by atoms with E-state index < -0.39 is 0 Å². The van der Waals surface area contributed by atoms with Crippen LogP contribution in [0.4, 0.5) is 0 Å². The second-order valence-electron chi connectivity index (χ2n) is 3.20. The zero-order chi connectivity index (χ0) is 8.67. The third-order valence-electron chi connectivity index (χ3n) is 2.39. The predicted molar refractivity (Wildman–Crippen MR) is 50.1 cm³/mol. The van der Waals surface area contributed by atoms with Crippen molar-refractivity contribution in [2.75, 3.05) is 6.54 Å². The molecule has 3 rings (SSSR count). The molecule has 0 bridgehead atoms. The number of aromatic nitrogens is 2. The largest absolute Gasteiger partial charge is 0.358 e. The quantitative estimate of drug-likeness (QED) is 0.623. The summed E-state index contributed by atoms with van der Waals surface area (Å²) in [4.78, 5) is 7.48. The normalized spacial score (nSPS) is 16.0. The van der Waals surface area contributed by atoms with Crippen molar-refractivity contribution in [2.45, 2.75) is 6.42 Å². The summed E-state index contributed by atoms with van der Waals surface area (Å²) in [6, 6.07) is 2.00. The Hall–Kier alpha value is -1.35. The van der Waals surface area contributed by atoms with E-state index in [4.69, 9.17) is 0 Å². The van der Waals surface area contributed by atoms with Crippen LogP contribution in [0, 0.1) is 6.54 Å². The molecule has 2 aromatic heterocycles. The van der Waals surface area contributed by atoms with Gasteiger partial charge in [-0.1, -0.05) is 0 Å². The number of hydrogen-bond donors (Lipinski definition) is 2. The van der Waals surface area contributed by atoms with Crippen molar-refractivity contribution < 1.29 is 0 Å². The van der Waals surface area contributed by atoms with Gasteiger partial charge in [-0.2, -0.15) is 0 Å². The van der Waals surface area contributed by atoms with Crippen LogP contribution in [0.2, 0.25) is 0 Å². The standard InChI is InChI=1S/C10H9N3/c1-3-11-5-7-8-6-12-4-2-10(8)13-9(1)7/h1,3,5,12-13H,2,4H2. The minimum absolute atomic E-state index is 0.966. The Morgan fingerprint density at radius 2 is 2.46 bits per heavy atom. The fourth-order valence-corrected chi connectivity index (χ4v) is 1.76. The van der Waals surface area contributed by atoms with Gasteiger partial charge in [-0.25, -0.2) is 0 Å². The molecule has 0 fully saturated rings. The zero-order valence-corrected chi connectivity index (χ0v) is 7.09. The third-order valence-corrected chi connectivity index (χ3v) is 2.39. The Morgan fingerprint density at radius 1 is 1.46 bits per heavy atom. The van der Waals surface area contributed by atoms with Gasteiger partial charge in [0, 0.05) is 47.5 Å². The molecular formula is C10H9N3. The van der Waals surface area contributed by atoms with Crippen LogP contribution in [0.15, 0.2) is 18.5 Å². The van der Waals surface area contributed by atoms with Crippen molar-refractivity contribution in [3.63, 3.8) is 0 Å². The molecule has 0 aliphatic carbocycles. The van der Waals surface area contributed by atoms with Crippen LogP contribution in [0.25, 0.3) is 10.9 Å². The SMILES string of the molecule is [C]1NCCc2[nH]c3ccncc3c21. The van der Waals surface area contributed by atoms with E-state index in [9.17, 15) is 0 Å². The molecule has 3 heterocycles. The van der Waals surface area contributed by atoms with Crippen LogP contribution in [-0.4, -0.2) is 16.5 Å². The molecule has 0 amide bonds. The Labute approximate surface area is 76.2 Å². The van der Waals surface area contributed by atoms with E-state index >= 15 is 0 Å². The van der Waals surface area contributed by atoms with E-state index in [0.717, 1.165) is 29.4 Å². The van der Waals surface area contributed by atoms with E-state index in [-0.39, 0.29) is 0 Å². The van der Waals surface area contributed by atoms with Gasteiger partial charge in [0.15, 0.2) is 0 Å². The third kappa shape index (κ3) is 0.971. The van der Waals surface area contributed by atoms with Crippen molar-refractivity contribution in [2.24, 2.45) is 0 Å². The zero-order valence-electron chi connectivity index (χ0n) is 7.09. The fourth-order valence-electron chi connectivity index (χ4n) is 1.76. The topological polar surface area (TPSA) is 40.7 Å². The lowest BCUT2D eigenvalue weighted by Crippen LogP contribution is -2.20. The van der Waals surface area contributed by atoms with E-state index in [1.165, 1.54) is 5.69 Å². The molecule has 64 valence electrons. The second-order valence-corrected chi connectivity index (χ2v) is 3.20. The molecule has 2 radical (unpaired) electrons. The fraction of sp³-hybridized carbons (Fsp3) is 0.200. The smallest absolute Gasteiger partial charge is 0.0959 e. The van der Waals surface area contributed by atoms with E-state index in [2.05, 4.69) is 21.8 Å². The van der Waals surface area contributed by atoms with E-state index in [1.54, 1.807) is 6.20 Å². The molecule has 3 nitrogen and oxygen atoms in total. The minimum atomic E-state index is 0.966. The first-order chi connectivity index (χ1) is 6.45. The highest BCUT2D eigenvalue weighted by Crippen LogP contribution is 2.24. The second kappa shape index (κ2) is 2.57. The number of aromatic amines is 1. The summed E-state index contributed by atoms with van der Waals surface area (Å²) in [6.45, 7) is 4.13. The van der Waals surface area contributed by atoms with E-state index in [1.807, 2.05) is 12.3 Å². The van der Waals surface area contributed by atoms with Crippen LogP contribution in [0.5, 0.6) is 0 Å². The molecular weight excluding hydrogens is 162 g/mol. The van der Waals surface area contributed by atoms with Gasteiger partial charge in [0.25, 0.3) is 0 Å². The van der Waals surface area contributed by atoms with Gasteiger partial charge >= 0.3 is 0 Å². The number of nitrogens with one attached hydrogen (secondary N) is 2. The number of nitrogens with zero attached hydrogens (tertiary/aromatic N) is 1. The molecule has 0 spiro atoms. The molecule has 0 atom stereocenters. The van der Waals surface area contributed by atoms with Crippen molar-refractivity contribution in [3.8, 4) is 0 Å². The van der Waals surface area contributed by atoms with Crippen LogP contribution >= 0.6 is 0 Å². The average molecular weight is 171 g/mol. The first-order valence-corrected chi connectivity index (χ1v) is 4.38. The Bertz CT molecular complexity index is 444. The van der Waals surface area contributed by atoms with Gasteiger partial charge in [0.2, 0.25) is 0 Å². The summed E-state index contributed by atoms with van der Waals surface area (Å²) in [6.07, 6.45) is 4.72. The highest BCUT2D eigenvalue weighted by atomic mass is 14.9. The maximum Gasteiger partial charge on any atom is 0.0959 e. The van der Waals surface area contributed by atoms with Crippen molar-refractivity contribution in [3.05, 3.63) is 36.3 Å². The first kappa shape index (κ1) is 7.09. The molecule has 0 saturated heterocycles. The van der Waals surface area contributed by atoms with Gasteiger partial charge in [-0.05, 0) is 6.07 Å². The van der Waals surface area contributed by atoms with Crippen molar-refractivity contribution >= 4 is 10.9 Å². The molecule has 2 N–H and O–H groups in total. The Morgan fingerprint density at radius 3 is 3.46 bits per heavy atom. The summed E-state index contributed by atoms with van der Waals surface area (Å²) >= 11 is 0. The van der Waals surface area contributed by atoms with Gasteiger partial charge in [-0.15, -0.1) is 0 Å². The number of rotatable bonds is 0. The maximum atomic E-state index is 4.11. The highest BCUT2D eigenvalue weighted by Gasteiger charge is 2.14. The van der Waals surface area contributed by atoms with Gasteiger partial charge in [0.1, 0.15) is 0 Å². The van der Waals surface area contributed by atoms with Crippen molar-refractivity contribution in [1.29, 1.82) is 0 Å². The maximum absolute atomic E-state index is 4.11. The predicted octanol–water partition coefficient (Wildman–Crippen LogP) is 1.10. The lowest BCUT2D eigenvalue weighted by atomic mass is 10.1. The molecule has 2 aromatic rings. The molecule has 3 heteroatoms. The monoisotopic (exact) mass is 171 g/mol. The number of pyridine rings is 1. The summed E-state index contributed by atoms with van der Waals surface area (Å²) in [5.41, 5.74) is 3.56. The summed E-state index contributed by atoms with van der Waals surface area (Å²) in [7, 11) is 0. The van der Waals surface area contributed by atoms with E-state index in [0.29, 0.717) is 0 Å². The lowest BCUT2D eigenvalue weighted by Gasteiger charge is -2.10. The highest BCUT2D eigenvalue weighted by molar-refractivity contribution is 5.85. The summed E-state index contributed by atoms with van der Waals surface area (Å²) in [5, 5.41) is 4.28. The van der Waals surface area contributed by atoms with Gasteiger partial charge in [0.05, 0.1) is 6.54 Å². The summed E-state index contributed by atoms with van der Waals surface area (Å²) < 4.78 is 0. The van der Waals surface area contributed by atoms with Gasteiger partial charge < -0.3 is 10.3 Å². The van der Waals surface area contributed by atoms with Crippen LogP contribution in [0.1, 0.15) is 11.3 Å². The van der Waals surface area contributed by atoms with Crippen LogP contribution in [0.3, 0.4) is 0 Å². The summed E-state index contributed by atoms with van der Waals surface area (Å²) in [5.74, 6) is 0. The molecule has 1 aliphatic heterocycles. The van der Waals surface area contributed by atoms with Crippen molar-refractivity contribution in [1.82, 2.24) is 15.3 Å². The number of hydrogen-bond acceptors (Lipinski definition) is 2. The molecule has 13 heavy (non-hydrogen) atoms. The molecule has 0 saturated carbocycles. The van der Waals surface area contributed by atoms with Gasteiger partial charge in [-0.3, -0.25) is 4.98 Å². The Kier molecular flexibility index (Phi) is 1.40. The molecule has 0 unspecified atom stereocenters. The molecule has 0 aromatic carbocycles. The number of H-pyrrole nitrogens is 1. The average Bonchev–Trinajstić information content (AvgIpc) is 2.56. The lowest BCUT2D eigenvalue weighted by molar-refractivity contribution is 0.744. The number of fused-ring (bicyclic) bond motifs is 3. The minimum Gasteiger partial charge on any atom is -0.358 e. The van der Waals surface area contributed by atoms with Crippen LogP contribution < -0.4 is 5.32 Å². The first-order valence-electron chi connectivity index (χ1n) is 4.38. The Balaban J connectivity index is 2.34. The van der Waals surface area contributed by atoms with Crippen LogP contribution in [-0.2, 0) is 6.42 Å².